The lowest BCUT2D eigenvalue weighted by Crippen LogP contribution is -2.41. The van der Waals surface area contributed by atoms with E-state index in [4.69, 9.17) is 0 Å². The van der Waals surface area contributed by atoms with Crippen LogP contribution in [-0.4, -0.2) is 11.2 Å². The van der Waals surface area contributed by atoms with Crippen molar-refractivity contribution < 1.29 is 5.11 Å². The van der Waals surface area contributed by atoms with E-state index >= 15 is 0 Å². The first kappa shape index (κ1) is 11.4. The lowest BCUT2D eigenvalue weighted by atomic mass is 9.56. The van der Waals surface area contributed by atoms with Crippen molar-refractivity contribution in [3.05, 3.63) is 0 Å². The van der Waals surface area contributed by atoms with Gasteiger partial charge in [0.25, 0.3) is 0 Å². The molecule has 15 heavy (non-hydrogen) atoms. The summed E-state index contributed by atoms with van der Waals surface area (Å²) in [5.41, 5.74) is 0.524. The standard InChI is InChI=1S/C14H26O/c1-10(15)12-7-6-11-5-4-8-14(2,3)13(11)9-12/h10-13,15H,4-9H2,1-3H3. The van der Waals surface area contributed by atoms with Crippen LogP contribution in [0.2, 0.25) is 0 Å². The van der Waals surface area contributed by atoms with Crippen LogP contribution >= 0.6 is 0 Å². The first-order valence-corrected chi connectivity index (χ1v) is 6.69. The summed E-state index contributed by atoms with van der Waals surface area (Å²) in [5, 5.41) is 9.74. The molecular weight excluding hydrogens is 184 g/mol. The summed E-state index contributed by atoms with van der Waals surface area (Å²) in [7, 11) is 0. The van der Waals surface area contributed by atoms with Gasteiger partial charge in [-0.1, -0.05) is 26.7 Å². The minimum absolute atomic E-state index is 0.0938. The molecule has 0 radical (unpaired) electrons. The smallest absolute Gasteiger partial charge is 0.0540 e. The van der Waals surface area contributed by atoms with E-state index in [9.17, 15) is 5.11 Å². The molecule has 0 heterocycles. The number of rotatable bonds is 1. The predicted octanol–water partition coefficient (Wildman–Crippen LogP) is 3.61. The summed E-state index contributed by atoms with van der Waals surface area (Å²) in [6.45, 7) is 6.85. The fourth-order valence-electron chi connectivity index (χ4n) is 4.01. The van der Waals surface area contributed by atoms with Crippen LogP contribution in [0, 0.1) is 23.2 Å². The largest absolute Gasteiger partial charge is 0.393 e. The highest BCUT2D eigenvalue weighted by Gasteiger charge is 2.42. The van der Waals surface area contributed by atoms with E-state index in [1.165, 1.54) is 38.5 Å². The second-order valence-electron chi connectivity index (χ2n) is 6.56. The molecule has 0 aromatic carbocycles. The van der Waals surface area contributed by atoms with Gasteiger partial charge in [-0.05, 0) is 55.8 Å². The van der Waals surface area contributed by atoms with Crippen LogP contribution in [0.4, 0.5) is 0 Å². The Morgan fingerprint density at radius 2 is 1.93 bits per heavy atom. The molecule has 2 fully saturated rings. The number of hydrogen-bond acceptors (Lipinski definition) is 1. The Labute approximate surface area is 94.3 Å². The zero-order chi connectivity index (χ0) is 11.1. The van der Waals surface area contributed by atoms with Gasteiger partial charge in [0.2, 0.25) is 0 Å². The van der Waals surface area contributed by atoms with E-state index in [-0.39, 0.29) is 6.10 Å². The minimum atomic E-state index is -0.0938. The lowest BCUT2D eigenvalue weighted by molar-refractivity contribution is -0.0143. The summed E-state index contributed by atoms with van der Waals surface area (Å²) in [4.78, 5) is 0. The summed E-state index contributed by atoms with van der Waals surface area (Å²) >= 11 is 0. The molecule has 2 aliphatic carbocycles. The first-order chi connectivity index (χ1) is 7.00. The van der Waals surface area contributed by atoms with Crippen LogP contribution in [0.1, 0.15) is 59.3 Å². The van der Waals surface area contributed by atoms with Gasteiger partial charge in [-0.2, -0.15) is 0 Å². The van der Waals surface area contributed by atoms with E-state index in [1.807, 2.05) is 6.92 Å². The summed E-state index contributed by atoms with van der Waals surface area (Å²) in [5.74, 6) is 2.41. The highest BCUT2D eigenvalue weighted by atomic mass is 16.3. The summed E-state index contributed by atoms with van der Waals surface area (Å²) in [6, 6.07) is 0. The van der Waals surface area contributed by atoms with Crippen molar-refractivity contribution in [1.29, 1.82) is 0 Å². The molecule has 0 aromatic rings. The third-order valence-electron chi connectivity index (χ3n) is 5.12. The molecule has 0 saturated heterocycles. The molecule has 0 bridgehead atoms. The Morgan fingerprint density at radius 3 is 2.60 bits per heavy atom. The van der Waals surface area contributed by atoms with Crippen molar-refractivity contribution >= 4 is 0 Å². The fraction of sp³-hybridized carbons (Fsp3) is 1.00. The van der Waals surface area contributed by atoms with E-state index < -0.39 is 0 Å². The van der Waals surface area contributed by atoms with Crippen LogP contribution in [0.25, 0.3) is 0 Å². The van der Waals surface area contributed by atoms with Crippen molar-refractivity contribution in [3.8, 4) is 0 Å². The molecule has 1 nitrogen and oxygen atoms in total. The van der Waals surface area contributed by atoms with E-state index in [1.54, 1.807) is 0 Å². The van der Waals surface area contributed by atoms with Crippen LogP contribution in [-0.2, 0) is 0 Å². The highest BCUT2D eigenvalue weighted by Crippen LogP contribution is 2.52. The molecule has 88 valence electrons. The third-order valence-corrected chi connectivity index (χ3v) is 5.12. The third kappa shape index (κ3) is 2.22. The Kier molecular flexibility index (Phi) is 3.12. The Morgan fingerprint density at radius 1 is 1.20 bits per heavy atom. The van der Waals surface area contributed by atoms with Gasteiger partial charge in [-0.25, -0.2) is 0 Å². The molecule has 4 unspecified atom stereocenters. The molecule has 2 saturated carbocycles. The lowest BCUT2D eigenvalue weighted by Gasteiger charge is -2.49. The average Bonchev–Trinajstić information content (AvgIpc) is 2.17. The monoisotopic (exact) mass is 210 g/mol. The van der Waals surface area contributed by atoms with E-state index in [2.05, 4.69) is 13.8 Å². The van der Waals surface area contributed by atoms with Gasteiger partial charge in [0.15, 0.2) is 0 Å². The predicted molar refractivity (Wildman–Crippen MR) is 63.6 cm³/mol. The normalized spacial score (nSPS) is 42.0. The van der Waals surface area contributed by atoms with Crippen LogP contribution in [0.15, 0.2) is 0 Å². The van der Waals surface area contributed by atoms with Gasteiger partial charge in [-0.15, -0.1) is 0 Å². The highest BCUT2D eigenvalue weighted by molar-refractivity contribution is 4.93. The summed E-state index contributed by atoms with van der Waals surface area (Å²) < 4.78 is 0. The quantitative estimate of drug-likeness (QED) is 0.701. The Hall–Kier alpha value is -0.0400. The maximum absolute atomic E-state index is 9.74. The molecule has 1 N–H and O–H groups in total. The number of hydrogen-bond donors (Lipinski definition) is 1. The molecule has 0 amide bonds. The number of aliphatic hydroxyl groups is 1. The number of fused-ring (bicyclic) bond motifs is 1. The van der Waals surface area contributed by atoms with Gasteiger partial charge in [-0.3, -0.25) is 0 Å². The maximum atomic E-state index is 9.74. The van der Waals surface area contributed by atoms with Crippen LogP contribution in [0.3, 0.4) is 0 Å². The molecular formula is C14H26O. The topological polar surface area (TPSA) is 20.2 Å². The van der Waals surface area contributed by atoms with Gasteiger partial charge >= 0.3 is 0 Å². The molecule has 2 rings (SSSR count). The van der Waals surface area contributed by atoms with Gasteiger partial charge in [0.1, 0.15) is 0 Å². The van der Waals surface area contributed by atoms with Gasteiger partial charge in [0, 0.05) is 0 Å². The van der Waals surface area contributed by atoms with Gasteiger partial charge < -0.3 is 5.11 Å². The maximum Gasteiger partial charge on any atom is 0.0540 e. The van der Waals surface area contributed by atoms with E-state index in [0.717, 1.165) is 11.8 Å². The average molecular weight is 210 g/mol. The second kappa shape index (κ2) is 4.08. The summed E-state index contributed by atoms with van der Waals surface area (Å²) in [6.07, 6.45) is 8.06. The second-order valence-corrected chi connectivity index (χ2v) is 6.56. The van der Waals surface area contributed by atoms with Gasteiger partial charge in [0.05, 0.1) is 6.10 Å². The fourth-order valence-corrected chi connectivity index (χ4v) is 4.01. The molecule has 0 aliphatic heterocycles. The zero-order valence-corrected chi connectivity index (χ0v) is 10.5. The molecule has 4 atom stereocenters. The minimum Gasteiger partial charge on any atom is -0.393 e. The van der Waals surface area contributed by atoms with Crippen molar-refractivity contribution in [3.63, 3.8) is 0 Å². The Balaban J connectivity index is 2.07. The SMILES string of the molecule is CC(O)C1CCC2CCCC(C)(C)C2C1. The van der Waals surface area contributed by atoms with Crippen molar-refractivity contribution in [2.75, 3.05) is 0 Å². The zero-order valence-electron chi connectivity index (χ0n) is 10.5. The van der Waals surface area contributed by atoms with Crippen molar-refractivity contribution in [2.24, 2.45) is 23.2 Å². The van der Waals surface area contributed by atoms with E-state index in [0.29, 0.717) is 11.3 Å². The number of aliphatic hydroxyl groups excluding tert-OH is 1. The van der Waals surface area contributed by atoms with Crippen LogP contribution < -0.4 is 0 Å². The van der Waals surface area contributed by atoms with Crippen LogP contribution in [0.5, 0.6) is 0 Å². The van der Waals surface area contributed by atoms with Crippen molar-refractivity contribution in [1.82, 2.24) is 0 Å². The molecule has 0 spiro atoms. The molecule has 0 aromatic heterocycles. The van der Waals surface area contributed by atoms with Crippen molar-refractivity contribution in [2.45, 2.75) is 65.4 Å². The molecule has 1 heteroatoms. The molecule has 2 aliphatic rings. The first-order valence-electron chi connectivity index (χ1n) is 6.69. The Bertz CT molecular complexity index is 219.